The van der Waals surface area contributed by atoms with E-state index < -0.39 is 0 Å². The summed E-state index contributed by atoms with van der Waals surface area (Å²) in [6, 6.07) is 8.90. The molecular weight excluding hydrogens is 234 g/mol. The Kier molecular flexibility index (Phi) is 4.65. The van der Waals surface area contributed by atoms with Gasteiger partial charge in [0.15, 0.2) is 0 Å². The zero-order valence-corrected chi connectivity index (χ0v) is 12.5. The lowest BCUT2D eigenvalue weighted by Gasteiger charge is -2.20. The molecule has 2 nitrogen and oxygen atoms in total. The van der Waals surface area contributed by atoms with Crippen LogP contribution in [0.5, 0.6) is 0 Å². The summed E-state index contributed by atoms with van der Waals surface area (Å²) in [5, 5.41) is 4.93. The number of aryl methyl sites for hydroxylation is 1. The van der Waals surface area contributed by atoms with Crippen LogP contribution in [-0.4, -0.2) is 6.04 Å². The van der Waals surface area contributed by atoms with Crippen molar-refractivity contribution in [1.82, 2.24) is 5.32 Å². The van der Waals surface area contributed by atoms with Crippen LogP contribution in [0.3, 0.4) is 0 Å². The molecule has 2 rings (SSSR count). The molecule has 0 radical (unpaired) electrons. The first kappa shape index (κ1) is 14.1. The Balaban J connectivity index is 2.23. The molecule has 2 aromatic rings. The van der Waals surface area contributed by atoms with Crippen LogP contribution in [0.4, 0.5) is 0 Å². The predicted octanol–water partition coefficient (Wildman–Crippen LogP) is 4.52. The lowest BCUT2D eigenvalue weighted by atomic mass is 10.0. The molecule has 1 aromatic heterocycles. The molecule has 1 N–H and O–H groups in total. The third-order valence-electron chi connectivity index (χ3n) is 3.89. The summed E-state index contributed by atoms with van der Waals surface area (Å²) in [7, 11) is 0. The first-order chi connectivity index (χ1) is 9.17. The highest BCUT2D eigenvalue weighted by atomic mass is 16.3. The van der Waals surface area contributed by atoms with E-state index in [9.17, 15) is 0 Å². The van der Waals surface area contributed by atoms with E-state index in [0.717, 1.165) is 30.7 Å². The minimum absolute atomic E-state index is 0.568. The van der Waals surface area contributed by atoms with E-state index in [1.54, 1.807) is 0 Å². The smallest absolute Gasteiger partial charge is 0.134 e. The zero-order chi connectivity index (χ0) is 13.8. The summed E-state index contributed by atoms with van der Waals surface area (Å²) in [5.74, 6) is 1.78. The number of para-hydroxylation sites is 1. The van der Waals surface area contributed by atoms with Crippen molar-refractivity contribution in [1.29, 1.82) is 0 Å². The second kappa shape index (κ2) is 6.25. The van der Waals surface area contributed by atoms with Crippen LogP contribution in [0.25, 0.3) is 11.0 Å². The van der Waals surface area contributed by atoms with Crippen molar-refractivity contribution in [3.05, 3.63) is 35.6 Å². The zero-order valence-electron chi connectivity index (χ0n) is 12.5. The summed E-state index contributed by atoms with van der Waals surface area (Å²) < 4.78 is 5.93. The molecule has 0 aliphatic rings. The maximum atomic E-state index is 5.93. The van der Waals surface area contributed by atoms with Crippen LogP contribution in [0.1, 0.15) is 45.4 Å². The fourth-order valence-corrected chi connectivity index (χ4v) is 2.71. The Morgan fingerprint density at radius 1 is 1.16 bits per heavy atom. The fraction of sp³-hybridized carbons (Fsp3) is 0.529. The summed E-state index contributed by atoms with van der Waals surface area (Å²) in [6.07, 6.45) is 2.11. The quantitative estimate of drug-likeness (QED) is 0.825. The Labute approximate surface area is 116 Å². The van der Waals surface area contributed by atoms with Gasteiger partial charge < -0.3 is 9.73 Å². The van der Waals surface area contributed by atoms with Crippen molar-refractivity contribution in [3.63, 3.8) is 0 Å². The molecule has 0 spiro atoms. The average Bonchev–Trinajstić information content (AvgIpc) is 2.77. The molecule has 1 atom stereocenters. The van der Waals surface area contributed by atoms with Gasteiger partial charge in [0.1, 0.15) is 11.3 Å². The van der Waals surface area contributed by atoms with E-state index in [1.807, 2.05) is 6.07 Å². The lowest BCUT2D eigenvalue weighted by molar-refractivity contribution is 0.386. The van der Waals surface area contributed by atoms with E-state index in [-0.39, 0.29) is 0 Å². The van der Waals surface area contributed by atoms with Gasteiger partial charge in [-0.2, -0.15) is 0 Å². The van der Waals surface area contributed by atoms with Gasteiger partial charge in [-0.3, -0.25) is 0 Å². The largest absolute Gasteiger partial charge is 0.461 e. The van der Waals surface area contributed by atoms with Crippen LogP contribution in [0.15, 0.2) is 28.7 Å². The first-order valence-corrected chi connectivity index (χ1v) is 7.40. The van der Waals surface area contributed by atoms with Gasteiger partial charge in [-0.15, -0.1) is 0 Å². The molecule has 1 unspecified atom stereocenters. The average molecular weight is 259 g/mol. The highest BCUT2D eigenvalue weighted by Crippen LogP contribution is 2.26. The van der Waals surface area contributed by atoms with Crippen molar-refractivity contribution in [2.45, 2.75) is 53.1 Å². The third-order valence-corrected chi connectivity index (χ3v) is 3.89. The number of benzene rings is 1. The van der Waals surface area contributed by atoms with Crippen LogP contribution in [-0.2, 0) is 13.0 Å². The van der Waals surface area contributed by atoms with Crippen LogP contribution < -0.4 is 5.32 Å². The van der Waals surface area contributed by atoms with Gasteiger partial charge in [0, 0.05) is 30.0 Å². The molecular formula is C17H25NO. The molecule has 19 heavy (non-hydrogen) atoms. The number of nitrogens with one attached hydrogen (secondary N) is 1. The van der Waals surface area contributed by atoms with Gasteiger partial charge in [0.2, 0.25) is 0 Å². The molecule has 104 valence electrons. The summed E-state index contributed by atoms with van der Waals surface area (Å²) in [5.41, 5.74) is 2.34. The summed E-state index contributed by atoms with van der Waals surface area (Å²) in [6.45, 7) is 9.84. The number of hydrogen-bond acceptors (Lipinski definition) is 2. The van der Waals surface area contributed by atoms with Crippen LogP contribution >= 0.6 is 0 Å². The second-order valence-corrected chi connectivity index (χ2v) is 5.49. The number of furan rings is 1. The second-order valence-electron chi connectivity index (χ2n) is 5.49. The molecule has 0 amide bonds. The highest BCUT2D eigenvalue weighted by molar-refractivity contribution is 5.82. The monoisotopic (exact) mass is 259 g/mol. The maximum absolute atomic E-state index is 5.93. The van der Waals surface area contributed by atoms with E-state index in [1.165, 1.54) is 10.9 Å². The molecule has 0 aliphatic heterocycles. The van der Waals surface area contributed by atoms with Crippen molar-refractivity contribution in [2.24, 2.45) is 5.92 Å². The Morgan fingerprint density at radius 2 is 1.89 bits per heavy atom. The fourth-order valence-electron chi connectivity index (χ4n) is 2.71. The molecule has 0 fully saturated rings. The standard InChI is InChI=1S/C17H25NO/c1-5-15(12(3)4)18-11-14-13-9-7-8-10-17(13)19-16(14)6-2/h7-10,12,15,18H,5-6,11H2,1-4H3. The van der Waals surface area contributed by atoms with Gasteiger partial charge in [0.05, 0.1) is 0 Å². The third kappa shape index (κ3) is 3.01. The SMILES string of the molecule is CCc1oc2ccccc2c1CNC(CC)C(C)C. The van der Waals surface area contributed by atoms with Crippen molar-refractivity contribution < 1.29 is 4.42 Å². The lowest BCUT2D eigenvalue weighted by Crippen LogP contribution is -2.32. The van der Waals surface area contributed by atoms with E-state index in [4.69, 9.17) is 4.42 Å². The Hall–Kier alpha value is -1.28. The molecule has 0 saturated heterocycles. The van der Waals surface area contributed by atoms with Crippen LogP contribution in [0, 0.1) is 5.92 Å². The first-order valence-electron chi connectivity index (χ1n) is 7.40. The van der Waals surface area contributed by atoms with Crippen molar-refractivity contribution in [3.8, 4) is 0 Å². The summed E-state index contributed by atoms with van der Waals surface area (Å²) >= 11 is 0. The minimum atomic E-state index is 0.568. The van der Waals surface area contributed by atoms with Gasteiger partial charge in [0.25, 0.3) is 0 Å². The topological polar surface area (TPSA) is 25.2 Å². The predicted molar refractivity (Wildman–Crippen MR) is 81.3 cm³/mol. The van der Waals surface area contributed by atoms with E-state index in [2.05, 4.69) is 51.2 Å². The van der Waals surface area contributed by atoms with E-state index >= 15 is 0 Å². The van der Waals surface area contributed by atoms with Crippen LogP contribution in [0.2, 0.25) is 0 Å². The van der Waals surface area contributed by atoms with Crippen molar-refractivity contribution >= 4 is 11.0 Å². The van der Waals surface area contributed by atoms with Gasteiger partial charge in [-0.25, -0.2) is 0 Å². The Bertz CT molecular complexity index is 527. The molecule has 0 saturated carbocycles. The van der Waals surface area contributed by atoms with E-state index in [0.29, 0.717) is 12.0 Å². The minimum Gasteiger partial charge on any atom is -0.461 e. The molecule has 0 bridgehead atoms. The number of hydrogen-bond donors (Lipinski definition) is 1. The maximum Gasteiger partial charge on any atom is 0.134 e. The molecule has 2 heteroatoms. The molecule has 1 heterocycles. The Morgan fingerprint density at radius 3 is 2.53 bits per heavy atom. The number of rotatable bonds is 6. The van der Waals surface area contributed by atoms with Crippen molar-refractivity contribution in [2.75, 3.05) is 0 Å². The van der Waals surface area contributed by atoms with Gasteiger partial charge in [-0.05, 0) is 18.4 Å². The van der Waals surface area contributed by atoms with Gasteiger partial charge in [-0.1, -0.05) is 45.9 Å². The normalized spacial score (nSPS) is 13.3. The molecule has 1 aromatic carbocycles. The molecule has 0 aliphatic carbocycles. The highest BCUT2D eigenvalue weighted by Gasteiger charge is 2.15. The number of fused-ring (bicyclic) bond motifs is 1. The summed E-state index contributed by atoms with van der Waals surface area (Å²) in [4.78, 5) is 0. The van der Waals surface area contributed by atoms with Gasteiger partial charge >= 0.3 is 0 Å².